The summed E-state index contributed by atoms with van der Waals surface area (Å²) >= 11 is 7.57. The van der Waals surface area contributed by atoms with Gasteiger partial charge in [-0.2, -0.15) is 4.98 Å². The predicted molar refractivity (Wildman–Crippen MR) is 81.5 cm³/mol. The van der Waals surface area contributed by atoms with Gasteiger partial charge in [-0.1, -0.05) is 22.8 Å². The smallest absolute Gasteiger partial charge is 0.233 e. The molecule has 3 rings (SSSR count). The zero-order chi connectivity index (χ0) is 14.7. The van der Waals surface area contributed by atoms with Gasteiger partial charge >= 0.3 is 0 Å². The van der Waals surface area contributed by atoms with Crippen molar-refractivity contribution in [1.29, 1.82) is 0 Å². The molecule has 1 aromatic heterocycles. The van der Waals surface area contributed by atoms with E-state index >= 15 is 0 Å². The van der Waals surface area contributed by atoms with Crippen LogP contribution in [0.5, 0.6) is 0 Å². The van der Waals surface area contributed by atoms with Crippen LogP contribution in [-0.4, -0.2) is 29.4 Å². The van der Waals surface area contributed by atoms with Crippen molar-refractivity contribution < 1.29 is 9.26 Å². The van der Waals surface area contributed by atoms with Crippen molar-refractivity contribution in [3.63, 3.8) is 0 Å². The van der Waals surface area contributed by atoms with Crippen LogP contribution in [0.2, 0.25) is 5.02 Å². The maximum absolute atomic E-state index is 6.07. The summed E-state index contributed by atoms with van der Waals surface area (Å²) in [4.78, 5) is 5.51. The fourth-order valence-electron chi connectivity index (χ4n) is 2.19. The van der Waals surface area contributed by atoms with Crippen LogP contribution in [-0.2, 0) is 10.5 Å². The number of hydrogen-bond donors (Lipinski definition) is 1. The van der Waals surface area contributed by atoms with Crippen LogP contribution in [0.4, 0.5) is 0 Å². The highest BCUT2D eigenvalue weighted by Crippen LogP contribution is 2.26. The Morgan fingerprint density at radius 1 is 1.43 bits per heavy atom. The van der Waals surface area contributed by atoms with Gasteiger partial charge in [0.2, 0.25) is 5.89 Å². The summed E-state index contributed by atoms with van der Waals surface area (Å²) in [6.07, 6.45) is 0.819. The van der Waals surface area contributed by atoms with E-state index in [4.69, 9.17) is 26.6 Å². The molecule has 1 aliphatic heterocycles. The Balaban J connectivity index is 1.62. The van der Waals surface area contributed by atoms with Crippen LogP contribution in [0.25, 0.3) is 0 Å². The minimum absolute atomic E-state index is 0.00355. The molecule has 0 bridgehead atoms. The molecular formula is C14H16ClN3O2S. The summed E-state index contributed by atoms with van der Waals surface area (Å²) in [5, 5.41) is 4.73. The number of aromatic nitrogens is 2. The summed E-state index contributed by atoms with van der Waals surface area (Å²) in [5.74, 6) is 1.86. The van der Waals surface area contributed by atoms with E-state index in [9.17, 15) is 0 Å². The lowest BCUT2D eigenvalue weighted by Crippen LogP contribution is -2.37. The monoisotopic (exact) mass is 325 g/mol. The van der Waals surface area contributed by atoms with E-state index in [1.165, 1.54) is 0 Å². The number of rotatable bonds is 4. The lowest BCUT2D eigenvalue weighted by Gasteiger charge is -2.25. The minimum Gasteiger partial charge on any atom is -0.381 e. The second kappa shape index (κ2) is 6.79. The summed E-state index contributed by atoms with van der Waals surface area (Å²) in [6.45, 7) is 1.24. The van der Waals surface area contributed by atoms with E-state index in [1.54, 1.807) is 11.8 Å². The van der Waals surface area contributed by atoms with Gasteiger partial charge in [-0.05, 0) is 24.6 Å². The van der Waals surface area contributed by atoms with E-state index in [1.807, 2.05) is 24.3 Å². The molecule has 0 saturated carbocycles. The molecule has 21 heavy (non-hydrogen) atoms. The minimum atomic E-state index is -0.00355. The van der Waals surface area contributed by atoms with Gasteiger partial charge in [-0.15, -0.1) is 11.8 Å². The van der Waals surface area contributed by atoms with Gasteiger partial charge in [-0.25, -0.2) is 0 Å². The van der Waals surface area contributed by atoms with Crippen molar-refractivity contribution in [3.05, 3.63) is 41.0 Å². The van der Waals surface area contributed by atoms with Gasteiger partial charge in [0.25, 0.3) is 0 Å². The normalized spacial score (nSPS) is 22.4. The van der Waals surface area contributed by atoms with Crippen LogP contribution < -0.4 is 5.73 Å². The number of nitrogens with two attached hydrogens (primary N) is 1. The molecule has 2 N–H and O–H groups in total. The van der Waals surface area contributed by atoms with Gasteiger partial charge in [0.1, 0.15) is 0 Å². The van der Waals surface area contributed by atoms with Crippen LogP contribution in [0.15, 0.2) is 33.7 Å². The molecule has 2 aromatic rings. The van der Waals surface area contributed by atoms with Crippen molar-refractivity contribution in [2.24, 2.45) is 5.73 Å². The molecule has 2 unspecified atom stereocenters. The highest BCUT2D eigenvalue weighted by Gasteiger charge is 2.29. The standard InChI is InChI=1S/C14H16ClN3O2S/c15-9-2-1-3-10(6-9)21-8-13-17-14(20-18-13)11-7-19-5-4-12(11)16/h1-3,6,11-12H,4-5,7-8,16H2. The highest BCUT2D eigenvalue weighted by molar-refractivity contribution is 7.98. The average molecular weight is 326 g/mol. The lowest BCUT2D eigenvalue weighted by molar-refractivity contribution is 0.0590. The van der Waals surface area contributed by atoms with E-state index in [-0.39, 0.29) is 12.0 Å². The van der Waals surface area contributed by atoms with Crippen LogP contribution in [0.1, 0.15) is 24.1 Å². The molecule has 2 heterocycles. The zero-order valence-electron chi connectivity index (χ0n) is 11.4. The van der Waals surface area contributed by atoms with Gasteiger partial charge < -0.3 is 15.0 Å². The van der Waals surface area contributed by atoms with Crippen molar-refractivity contribution in [2.45, 2.75) is 29.0 Å². The number of nitrogens with zero attached hydrogens (tertiary/aromatic N) is 2. The summed E-state index contributed by atoms with van der Waals surface area (Å²) in [5.41, 5.74) is 6.07. The van der Waals surface area contributed by atoms with Crippen molar-refractivity contribution in [2.75, 3.05) is 13.2 Å². The molecule has 1 fully saturated rings. The van der Waals surface area contributed by atoms with E-state index < -0.39 is 0 Å². The van der Waals surface area contributed by atoms with Crippen LogP contribution >= 0.6 is 23.4 Å². The summed E-state index contributed by atoms with van der Waals surface area (Å²) in [6, 6.07) is 7.71. The molecule has 5 nitrogen and oxygen atoms in total. The fourth-order valence-corrected chi connectivity index (χ4v) is 3.24. The molecule has 1 aliphatic rings. The third-order valence-electron chi connectivity index (χ3n) is 3.37. The number of benzene rings is 1. The van der Waals surface area contributed by atoms with Crippen LogP contribution in [0, 0.1) is 0 Å². The Morgan fingerprint density at radius 3 is 3.14 bits per heavy atom. The second-order valence-electron chi connectivity index (χ2n) is 4.93. The van der Waals surface area contributed by atoms with Gasteiger partial charge in [-0.3, -0.25) is 0 Å². The second-order valence-corrected chi connectivity index (χ2v) is 6.41. The maximum Gasteiger partial charge on any atom is 0.233 e. The lowest BCUT2D eigenvalue weighted by atomic mass is 9.97. The number of hydrogen-bond acceptors (Lipinski definition) is 6. The van der Waals surface area contributed by atoms with Crippen LogP contribution in [0.3, 0.4) is 0 Å². The molecule has 7 heteroatoms. The molecular weight excluding hydrogens is 310 g/mol. The third kappa shape index (κ3) is 3.77. The maximum atomic E-state index is 6.07. The first-order valence-corrected chi connectivity index (χ1v) is 8.13. The Bertz CT molecular complexity index is 607. The largest absolute Gasteiger partial charge is 0.381 e. The molecule has 0 radical (unpaired) electrons. The molecule has 0 aliphatic carbocycles. The first kappa shape index (κ1) is 14.8. The molecule has 1 aromatic carbocycles. The molecule has 2 atom stereocenters. The fraction of sp³-hybridized carbons (Fsp3) is 0.429. The summed E-state index contributed by atoms with van der Waals surface area (Å²) < 4.78 is 10.8. The molecule has 1 saturated heterocycles. The SMILES string of the molecule is NC1CCOCC1c1nc(CSc2cccc(Cl)c2)no1. The van der Waals surface area contributed by atoms with E-state index in [2.05, 4.69) is 10.1 Å². The van der Waals surface area contributed by atoms with Gasteiger partial charge in [0.05, 0.1) is 18.3 Å². The number of thioether (sulfide) groups is 1. The molecule has 112 valence electrons. The Hall–Kier alpha value is -1.08. The quantitative estimate of drug-likeness (QED) is 0.871. The van der Waals surface area contributed by atoms with Crippen molar-refractivity contribution in [3.8, 4) is 0 Å². The van der Waals surface area contributed by atoms with Gasteiger partial charge in [0, 0.05) is 22.6 Å². The first-order chi connectivity index (χ1) is 10.2. The van der Waals surface area contributed by atoms with Crippen molar-refractivity contribution >= 4 is 23.4 Å². The topological polar surface area (TPSA) is 74.2 Å². The first-order valence-electron chi connectivity index (χ1n) is 6.76. The number of ether oxygens (including phenoxy) is 1. The average Bonchev–Trinajstić information content (AvgIpc) is 2.94. The van der Waals surface area contributed by atoms with E-state index in [0.29, 0.717) is 30.7 Å². The predicted octanol–water partition coefficient (Wildman–Crippen LogP) is 2.85. The Kier molecular flexibility index (Phi) is 4.80. The van der Waals surface area contributed by atoms with Gasteiger partial charge in [0.15, 0.2) is 5.82 Å². The Labute approximate surface area is 132 Å². The van der Waals surface area contributed by atoms with E-state index in [0.717, 1.165) is 16.3 Å². The molecule has 0 amide bonds. The Morgan fingerprint density at radius 2 is 2.33 bits per heavy atom. The zero-order valence-corrected chi connectivity index (χ0v) is 12.9. The summed E-state index contributed by atoms with van der Waals surface area (Å²) in [7, 11) is 0. The third-order valence-corrected chi connectivity index (χ3v) is 4.60. The number of halogens is 1. The van der Waals surface area contributed by atoms with Crippen molar-refractivity contribution in [1.82, 2.24) is 10.1 Å². The molecule has 0 spiro atoms. The highest BCUT2D eigenvalue weighted by atomic mass is 35.5.